The largest absolute Gasteiger partial charge is 0.411 e. The molecule has 0 amide bonds. The lowest BCUT2D eigenvalue weighted by Crippen LogP contribution is -2.23. The van der Waals surface area contributed by atoms with Crippen molar-refractivity contribution in [2.75, 3.05) is 11.5 Å². The maximum absolute atomic E-state index is 11.8. The molecule has 0 saturated carbocycles. The Morgan fingerprint density at radius 2 is 2.06 bits per heavy atom. The fourth-order valence-electron chi connectivity index (χ4n) is 1.27. The van der Waals surface area contributed by atoms with Gasteiger partial charge < -0.3 is 16.7 Å². The van der Waals surface area contributed by atoms with Crippen LogP contribution in [0.2, 0.25) is 0 Å². The number of nitrogen functional groups attached to an aromatic ring is 2. The van der Waals surface area contributed by atoms with Gasteiger partial charge in [0.1, 0.15) is 5.69 Å². The zero-order valence-electron chi connectivity index (χ0n) is 8.82. The number of nitrogens with two attached hydrogens (primary N) is 2. The van der Waals surface area contributed by atoms with Gasteiger partial charge >= 0.3 is 0 Å². The van der Waals surface area contributed by atoms with Gasteiger partial charge in [0.25, 0.3) is 5.56 Å². The Kier molecular flexibility index (Phi) is 2.35. The molecule has 0 spiro atoms. The van der Waals surface area contributed by atoms with Crippen molar-refractivity contribution in [3.05, 3.63) is 16.0 Å². The normalized spacial score (nSPS) is 11.4. The Bertz CT molecular complexity index is 676. The van der Waals surface area contributed by atoms with E-state index < -0.39 is 5.56 Å². The van der Waals surface area contributed by atoms with E-state index in [0.29, 0.717) is 0 Å². The fraction of sp³-hybridized carbons (Fsp3) is 0.125. The van der Waals surface area contributed by atoms with Gasteiger partial charge in [-0.05, 0) is 0 Å². The lowest BCUT2D eigenvalue weighted by Gasteiger charge is -2.05. The molecule has 2 aromatic heterocycles. The topological polar surface area (TPSA) is 145 Å². The molecule has 0 radical (unpaired) electrons. The first-order chi connectivity index (χ1) is 8.04. The van der Waals surface area contributed by atoms with Gasteiger partial charge in [-0.25, -0.2) is 9.97 Å². The number of anilines is 2. The SMILES string of the molecule is Cn1c(N)nc2nc(N)c(/C=N/O)nc2c1=O. The van der Waals surface area contributed by atoms with E-state index in [1.807, 2.05) is 0 Å². The average Bonchev–Trinajstić information content (AvgIpc) is 2.29. The van der Waals surface area contributed by atoms with Crippen molar-refractivity contribution < 1.29 is 5.21 Å². The van der Waals surface area contributed by atoms with E-state index in [-0.39, 0.29) is 28.6 Å². The second kappa shape index (κ2) is 3.70. The number of hydrogen-bond acceptors (Lipinski definition) is 8. The van der Waals surface area contributed by atoms with Crippen LogP contribution in [0.5, 0.6) is 0 Å². The van der Waals surface area contributed by atoms with E-state index in [1.54, 1.807) is 0 Å². The van der Waals surface area contributed by atoms with Crippen LogP contribution in [0, 0.1) is 0 Å². The standard InChI is InChI=1S/C8H9N7O2/c1-15-7(16)4-6(14-8(15)10)13-5(9)3(12-4)2-11-17/h2,17H,1H3,(H4,9,10,13,14)/b11-2+. The molecular formula is C8H9N7O2. The zero-order valence-corrected chi connectivity index (χ0v) is 8.82. The van der Waals surface area contributed by atoms with Crippen LogP contribution >= 0.6 is 0 Å². The van der Waals surface area contributed by atoms with Crippen LogP contribution in [-0.4, -0.2) is 30.9 Å². The summed E-state index contributed by atoms with van der Waals surface area (Å²) in [4.78, 5) is 23.5. The number of nitrogens with zero attached hydrogens (tertiary/aromatic N) is 5. The van der Waals surface area contributed by atoms with Crippen molar-refractivity contribution in [1.29, 1.82) is 0 Å². The molecule has 88 valence electrons. The van der Waals surface area contributed by atoms with Crippen molar-refractivity contribution in [2.24, 2.45) is 12.2 Å². The van der Waals surface area contributed by atoms with Gasteiger partial charge in [-0.3, -0.25) is 9.36 Å². The quantitative estimate of drug-likeness (QED) is 0.316. The molecule has 17 heavy (non-hydrogen) atoms. The van der Waals surface area contributed by atoms with E-state index in [0.717, 1.165) is 10.8 Å². The van der Waals surface area contributed by atoms with Crippen molar-refractivity contribution in [1.82, 2.24) is 19.5 Å². The highest BCUT2D eigenvalue weighted by Gasteiger charge is 2.11. The number of hydrogen-bond donors (Lipinski definition) is 3. The van der Waals surface area contributed by atoms with Gasteiger partial charge in [-0.1, -0.05) is 5.16 Å². The highest BCUT2D eigenvalue weighted by Crippen LogP contribution is 2.09. The molecule has 2 rings (SSSR count). The first kappa shape index (κ1) is 10.8. The molecular weight excluding hydrogens is 226 g/mol. The average molecular weight is 235 g/mol. The third-order valence-corrected chi connectivity index (χ3v) is 2.18. The molecule has 9 heteroatoms. The maximum atomic E-state index is 11.8. The molecule has 0 aromatic carbocycles. The van der Waals surface area contributed by atoms with Crippen LogP contribution in [0.3, 0.4) is 0 Å². The summed E-state index contributed by atoms with van der Waals surface area (Å²) in [6.45, 7) is 0. The zero-order chi connectivity index (χ0) is 12.6. The highest BCUT2D eigenvalue weighted by atomic mass is 16.4. The number of aromatic nitrogens is 4. The highest BCUT2D eigenvalue weighted by molar-refractivity contribution is 5.86. The second-order valence-electron chi connectivity index (χ2n) is 3.25. The van der Waals surface area contributed by atoms with Crippen molar-refractivity contribution in [3.63, 3.8) is 0 Å². The Morgan fingerprint density at radius 1 is 1.35 bits per heavy atom. The smallest absolute Gasteiger partial charge is 0.282 e. The summed E-state index contributed by atoms with van der Waals surface area (Å²) in [5.74, 6) is 0.00947. The van der Waals surface area contributed by atoms with Crippen molar-refractivity contribution in [2.45, 2.75) is 0 Å². The number of rotatable bonds is 1. The minimum atomic E-state index is -0.451. The van der Waals surface area contributed by atoms with E-state index in [2.05, 4.69) is 20.1 Å². The fourth-order valence-corrected chi connectivity index (χ4v) is 1.27. The van der Waals surface area contributed by atoms with E-state index in [4.69, 9.17) is 16.7 Å². The van der Waals surface area contributed by atoms with Crippen LogP contribution in [-0.2, 0) is 7.05 Å². The van der Waals surface area contributed by atoms with Crippen LogP contribution in [0.25, 0.3) is 11.2 Å². The van der Waals surface area contributed by atoms with Gasteiger partial charge in [0.2, 0.25) is 5.95 Å². The molecule has 0 aliphatic heterocycles. The molecule has 2 heterocycles. The molecule has 2 aromatic rings. The Labute approximate surface area is 94.4 Å². The molecule has 0 aliphatic rings. The first-order valence-electron chi connectivity index (χ1n) is 4.51. The first-order valence-corrected chi connectivity index (χ1v) is 4.51. The van der Waals surface area contributed by atoms with Gasteiger partial charge in [0.15, 0.2) is 17.0 Å². The molecule has 0 bridgehead atoms. The predicted molar refractivity (Wildman–Crippen MR) is 60.8 cm³/mol. The molecule has 9 nitrogen and oxygen atoms in total. The van der Waals surface area contributed by atoms with Gasteiger partial charge in [-0.2, -0.15) is 4.98 Å². The van der Waals surface area contributed by atoms with Crippen molar-refractivity contribution >= 4 is 29.1 Å². The molecule has 0 atom stereocenters. The van der Waals surface area contributed by atoms with E-state index in [9.17, 15) is 4.79 Å². The number of oxime groups is 1. The van der Waals surface area contributed by atoms with Gasteiger partial charge in [0.05, 0.1) is 6.21 Å². The monoisotopic (exact) mass is 235 g/mol. The Balaban J connectivity index is 2.90. The van der Waals surface area contributed by atoms with E-state index >= 15 is 0 Å². The van der Waals surface area contributed by atoms with Crippen LogP contribution in [0.15, 0.2) is 9.95 Å². The van der Waals surface area contributed by atoms with Crippen molar-refractivity contribution in [3.8, 4) is 0 Å². The predicted octanol–water partition coefficient (Wildman–Crippen LogP) is -1.30. The van der Waals surface area contributed by atoms with E-state index in [1.165, 1.54) is 7.05 Å². The minimum Gasteiger partial charge on any atom is -0.411 e. The lowest BCUT2D eigenvalue weighted by atomic mass is 10.4. The minimum absolute atomic E-state index is 0.00421. The molecule has 0 unspecified atom stereocenters. The summed E-state index contributed by atoms with van der Waals surface area (Å²) in [5, 5.41) is 11.2. The van der Waals surface area contributed by atoms with Gasteiger partial charge in [0, 0.05) is 7.05 Å². The maximum Gasteiger partial charge on any atom is 0.282 e. The Morgan fingerprint density at radius 3 is 2.71 bits per heavy atom. The second-order valence-corrected chi connectivity index (χ2v) is 3.25. The van der Waals surface area contributed by atoms with Crippen LogP contribution in [0.4, 0.5) is 11.8 Å². The van der Waals surface area contributed by atoms with Crippen LogP contribution in [0.1, 0.15) is 5.69 Å². The van der Waals surface area contributed by atoms with Crippen LogP contribution < -0.4 is 17.0 Å². The third kappa shape index (κ3) is 1.62. The Hall–Kier alpha value is -2.71. The lowest BCUT2D eigenvalue weighted by molar-refractivity contribution is 0.321. The van der Waals surface area contributed by atoms with Gasteiger partial charge in [-0.15, -0.1) is 0 Å². The summed E-state index contributed by atoms with van der Waals surface area (Å²) >= 11 is 0. The molecule has 0 fully saturated rings. The number of fused-ring (bicyclic) bond motifs is 1. The molecule has 0 saturated heterocycles. The summed E-state index contributed by atoms with van der Waals surface area (Å²) < 4.78 is 1.13. The summed E-state index contributed by atoms with van der Waals surface area (Å²) in [6.07, 6.45) is 0.984. The molecule has 0 aliphatic carbocycles. The summed E-state index contributed by atoms with van der Waals surface area (Å²) in [6, 6.07) is 0. The molecule has 5 N–H and O–H groups in total. The summed E-state index contributed by atoms with van der Waals surface area (Å²) in [7, 11) is 1.46. The third-order valence-electron chi connectivity index (χ3n) is 2.18. The summed E-state index contributed by atoms with van der Waals surface area (Å²) in [5.41, 5.74) is 10.8.